The van der Waals surface area contributed by atoms with Gasteiger partial charge in [0.2, 0.25) is 0 Å². The molecule has 2 aromatic heterocycles. The summed E-state index contributed by atoms with van der Waals surface area (Å²) >= 11 is 0. The quantitative estimate of drug-likeness (QED) is 0.576. The van der Waals surface area contributed by atoms with Gasteiger partial charge in [-0.2, -0.15) is 5.10 Å². The van der Waals surface area contributed by atoms with Gasteiger partial charge < -0.3 is 5.73 Å². The molecule has 1 aromatic carbocycles. The van der Waals surface area contributed by atoms with Crippen LogP contribution in [0.2, 0.25) is 0 Å². The Hall–Kier alpha value is -3.29. The van der Waals surface area contributed by atoms with Crippen molar-refractivity contribution in [1.29, 1.82) is 0 Å². The standard InChI is InChI=1S/C13H9N5O3/c14-12(19)10-7-16-17-11(4-5-15-13(10)17)8-2-1-3-9(6-8)18(20)21/h1-7H,(H2,14,19). The molecule has 21 heavy (non-hydrogen) atoms. The number of non-ortho nitro benzene ring substituents is 1. The van der Waals surface area contributed by atoms with Crippen LogP contribution in [0.3, 0.4) is 0 Å². The second-order valence-electron chi connectivity index (χ2n) is 4.30. The van der Waals surface area contributed by atoms with Gasteiger partial charge in [0.1, 0.15) is 5.56 Å². The van der Waals surface area contributed by atoms with Crippen LogP contribution >= 0.6 is 0 Å². The third-order valence-electron chi connectivity index (χ3n) is 3.02. The molecule has 104 valence electrons. The molecular formula is C13H9N5O3. The summed E-state index contributed by atoms with van der Waals surface area (Å²) in [5, 5.41) is 14.9. The van der Waals surface area contributed by atoms with Crippen LogP contribution in [0.15, 0.2) is 42.7 Å². The maximum atomic E-state index is 11.3. The van der Waals surface area contributed by atoms with Gasteiger partial charge in [-0.25, -0.2) is 9.50 Å². The van der Waals surface area contributed by atoms with E-state index in [9.17, 15) is 14.9 Å². The number of nitrogens with two attached hydrogens (primary N) is 1. The van der Waals surface area contributed by atoms with E-state index < -0.39 is 10.8 Å². The Balaban J connectivity index is 2.23. The number of fused-ring (bicyclic) bond motifs is 1. The first kappa shape index (κ1) is 12.7. The lowest BCUT2D eigenvalue weighted by molar-refractivity contribution is -0.384. The fourth-order valence-electron chi connectivity index (χ4n) is 2.06. The Morgan fingerprint density at radius 2 is 2.14 bits per heavy atom. The molecule has 2 N–H and O–H groups in total. The summed E-state index contributed by atoms with van der Waals surface area (Å²) in [6.07, 6.45) is 2.82. The van der Waals surface area contributed by atoms with Crippen molar-refractivity contribution in [3.63, 3.8) is 0 Å². The van der Waals surface area contributed by atoms with E-state index in [1.54, 1.807) is 18.2 Å². The first-order chi connectivity index (χ1) is 10.1. The van der Waals surface area contributed by atoms with Crippen molar-refractivity contribution in [2.45, 2.75) is 0 Å². The molecule has 0 bridgehead atoms. The highest BCUT2D eigenvalue weighted by Crippen LogP contribution is 2.24. The Morgan fingerprint density at radius 1 is 1.33 bits per heavy atom. The molecule has 0 saturated heterocycles. The zero-order chi connectivity index (χ0) is 15.0. The molecule has 0 spiro atoms. The van der Waals surface area contributed by atoms with Crippen LogP contribution in [0.1, 0.15) is 10.4 Å². The van der Waals surface area contributed by atoms with E-state index in [4.69, 9.17) is 5.73 Å². The van der Waals surface area contributed by atoms with Crippen LogP contribution in [0, 0.1) is 10.1 Å². The molecule has 0 radical (unpaired) electrons. The van der Waals surface area contributed by atoms with Crippen molar-refractivity contribution < 1.29 is 9.72 Å². The van der Waals surface area contributed by atoms with Gasteiger partial charge in [0.05, 0.1) is 16.8 Å². The monoisotopic (exact) mass is 283 g/mol. The highest BCUT2D eigenvalue weighted by atomic mass is 16.6. The second-order valence-corrected chi connectivity index (χ2v) is 4.30. The minimum absolute atomic E-state index is 0.0280. The predicted molar refractivity (Wildman–Crippen MR) is 73.6 cm³/mol. The summed E-state index contributed by atoms with van der Waals surface area (Å²) in [5.74, 6) is -0.631. The number of amides is 1. The van der Waals surface area contributed by atoms with Crippen molar-refractivity contribution in [2.24, 2.45) is 5.73 Å². The lowest BCUT2D eigenvalue weighted by Crippen LogP contribution is -2.11. The molecule has 1 amide bonds. The average Bonchev–Trinajstić information content (AvgIpc) is 2.91. The van der Waals surface area contributed by atoms with Crippen molar-refractivity contribution >= 4 is 17.2 Å². The molecule has 3 aromatic rings. The molecule has 0 fully saturated rings. The Bertz CT molecular complexity index is 871. The number of hydrogen-bond donors (Lipinski definition) is 1. The summed E-state index contributed by atoms with van der Waals surface area (Å²) in [5.41, 5.74) is 6.91. The van der Waals surface area contributed by atoms with Gasteiger partial charge in [0.15, 0.2) is 5.65 Å². The maximum Gasteiger partial charge on any atom is 0.270 e. The van der Waals surface area contributed by atoms with E-state index in [0.717, 1.165) is 0 Å². The number of nitro groups is 1. The molecule has 0 aliphatic carbocycles. The van der Waals surface area contributed by atoms with E-state index in [0.29, 0.717) is 16.9 Å². The van der Waals surface area contributed by atoms with E-state index in [-0.39, 0.29) is 11.3 Å². The predicted octanol–water partition coefficient (Wildman–Crippen LogP) is 1.40. The molecule has 8 heteroatoms. The number of nitrogens with zero attached hydrogens (tertiary/aromatic N) is 4. The lowest BCUT2D eigenvalue weighted by Gasteiger charge is -2.04. The highest BCUT2D eigenvalue weighted by Gasteiger charge is 2.15. The Kier molecular flexibility index (Phi) is 2.83. The van der Waals surface area contributed by atoms with E-state index in [1.807, 2.05) is 0 Å². The fraction of sp³-hybridized carbons (Fsp3) is 0. The summed E-state index contributed by atoms with van der Waals surface area (Å²) in [6, 6.07) is 7.79. The molecule has 8 nitrogen and oxygen atoms in total. The normalized spacial score (nSPS) is 10.7. The highest BCUT2D eigenvalue weighted by molar-refractivity contribution is 5.98. The molecule has 0 atom stereocenters. The number of aromatic nitrogens is 3. The first-order valence-electron chi connectivity index (χ1n) is 5.95. The van der Waals surface area contributed by atoms with Crippen LogP contribution in [0.4, 0.5) is 5.69 Å². The third kappa shape index (κ3) is 2.08. The number of rotatable bonds is 3. The van der Waals surface area contributed by atoms with Gasteiger partial charge in [0, 0.05) is 23.9 Å². The minimum atomic E-state index is -0.631. The van der Waals surface area contributed by atoms with Gasteiger partial charge in [-0.05, 0) is 6.07 Å². The summed E-state index contributed by atoms with van der Waals surface area (Å²) < 4.78 is 1.43. The summed E-state index contributed by atoms with van der Waals surface area (Å²) in [7, 11) is 0. The van der Waals surface area contributed by atoms with Gasteiger partial charge in [-0.3, -0.25) is 14.9 Å². The van der Waals surface area contributed by atoms with Crippen LogP contribution in [0.5, 0.6) is 0 Å². The summed E-state index contributed by atoms with van der Waals surface area (Å²) in [4.78, 5) is 25.8. The Labute approximate surface area is 118 Å². The van der Waals surface area contributed by atoms with Crippen molar-refractivity contribution in [2.75, 3.05) is 0 Å². The number of hydrogen-bond acceptors (Lipinski definition) is 5. The molecule has 0 aliphatic heterocycles. The minimum Gasteiger partial charge on any atom is -0.365 e. The van der Waals surface area contributed by atoms with Crippen molar-refractivity contribution in [3.8, 4) is 11.3 Å². The van der Waals surface area contributed by atoms with Crippen LogP contribution in [0.25, 0.3) is 16.9 Å². The topological polar surface area (TPSA) is 116 Å². The fourth-order valence-corrected chi connectivity index (χ4v) is 2.06. The Morgan fingerprint density at radius 3 is 2.86 bits per heavy atom. The SMILES string of the molecule is NC(=O)c1cnn2c(-c3cccc([N+](=O)[O-])c3)ccnc12. The molecule has 0 saturated carbocycles. The molecule has 0 aliphatic rings. The first-order valence-corrected chi connectivity index (χ1v) is 5.95. The zero-order valence-corrected chi connectivity index (χ0v) is 10.6. The van der Waals surface area contributed by atoms with Gasteiger partial charge in [0.25, 0.3) is 11.6 Å². The molecular weight excluding hydrogens is 274 g/mol. The van der Waals surface area contributed by atoms with Crippen LogP contribution < -0.4 is 5.73 Å². The molecule has 0 unspecified atom stereocenters. The van der Waals surface area contributed by atoms with Crippen molar-refractivity contribution in [3.05, 3.63) is 58.4 Å². The summed E-state index contributed by atoms with van der Waals surface area (Å²) in [6.45, 7) is 0. The van der Waals surface area contributed by atoms with E-state index in [1.165, 1.54) is 29.0 Å². The molecule has 2 heterocycles. The second kappa shape index (κ2) is 4.67. The van der Waals surface area contributed by atoms with E-state index >= 15 is 0 Å². The smallest absolute Gasteiger partial charge is 0.270 e. The largest absolute Gasteiger partial charge is 0.365 e. The number of carbonyl (C=O) groups excluding carboxylic acids is 1. The average molecular weight is 283 g/mol. The van der Waals surface area contributed by atoms with Crippen LogP contribution in [-0.2, 0) is 0 Å². The number of carbonyl (C=O) groups is 1. The van der Waals surface area contributed by atoms with Crippen molar-refractivity contribution in [1.82, 2.24) is 14.6 Å². The maximum absolute atomic E-state index is 11.3. The number of benzene rings is 1. The van der Waals surface area contributed by atoms with Gasteiger partial charge >= 0.3 is 0 Å². The lowest BCUT2D eigenvalue weighted by atomic mass is 10.1. The number of nitro benzene ring substituents is 1. The third-order valence-corrected chi connectivity index (χ3v) is 3.02. The van der Waals surface area contributed by atoms with Gasteiger partial charge in [-0.15, -0.1) is 0 Å². The van der Waals surface area contributed by atoms with E-state index in [2.05, 4.69) is 10.1 Å². The van der Waals surface area contributed by atoms with Crippen LogP contribution in [-0.4, -0.2) is 25.4 Å². The van der Waals surface area contributed by atoms with Gasteiger partial charge in [-0.1, -0.05) is 12.1 Å². The number of primary amides is 1. The zero-order valence-electron chi connectivity index (χ0n) is 10.6. The molecule has 3 rings (SSSR count).